The van der Waals surface area contributed by atoms with Crippen LogP contribution in [0.2, 0.25) is 0 Å². The normalized spacial score (nSPS) is 17.3. The van der Waals surface area contributed by atoms with Crippen molar-refractivity contribution in [1.82, 2.24) is 4.90 Å². The van der Waals surface area contributed by atoms with Crippen LogP contribution in [-0.2, 0) is 21.4 Å². The number of rotatable bonds is 14. The average Bonchev–Trinajstić information content (AvgIpc) is 3.68. The number of carboxylic acids is 2. The zero-order valence-corrected chi connectivity index (χ0v) is 25.0. The summed E-state index contributed by atoms with van der Waals surface area (Å²) in [6.45, 7) is 3.94. The number of nitrogens with zero attached hydrogens (tertiary/aromatic N) is 1. The van der Waals surface area contributed by atoms with E-state index in [0.29, 0.717) is 53.0 Å². The molecule has 9 heteroatoms. The molecule has 2 unspecified atom stereocenters. The van der Waals surface area contributed by atoms with Crippen molar-refractivity contribution in [2.45, 2.75) is 63.9 Å². The molecule has 2 N–H and O–H groups in total. The van der Waals surface area contributed by atoms with Crippen LogP contribution in [0.1, 0.15) is 66.1 Å². The lowest BCUT2D eigenvalue weighted by Crippen LogP contribution is -2.22. The zero-order chi connectivity index (χ0) is 31.3. The predicted octanol–water partition coefficient (Wildman–Crippen LogP) is 6.26. The number of ether oxygens (including phenoxy) is 2. The lowest BCUT2D eigenvalue weighted by Gasteiger charge is -2.23. The Hall–Kier alpha value is -4.40. The number of amides is 1. The minimum atomic E-state index is -0.928. The Bertz CT molecular complexity index is 1520. The van der Waals surface area contributed by atoms with Gasteiger partial charge in [-0.05, 0) is 90.8 Å². The average molecular weight is 592 g/mol. The smallest absolute Gasteiger partial charge is 0.303 e. The number of carbonyl (C=O) groups is 3. The van der Waals surface area contributed by atoms with Gasteiger partial charge >= 0.3 is 11.9 Å². The van der Waals surface area contributed by atoms with E-state index in [4.69, 9.17) is 14.6 Å². The molecule has 0 aliphatic heterocycles. The van der Waals surface area contributed by atoms with Crippen molar-refractivity contribution in [3.63, 3.8) is 0 Å². The first kappa shape index (κ1) is 31.5. The number of carbonyl (C=O) groups excluding carboxylic acids is 1. The lowest BCUT2D eigenvalue weighted by molar-refractivity contribution is -0.138. The fraction of sp³-hybridized carbons (Fsp3) is 0.382. The lowest BCUT2D eigenvalue weighted by atomic mass is 9.86. The summed E-state index contributed by atoms with van der Waals surface area (Å²) in [4.78, 5) is 36.9. The first-order valence-corrected chi connectivity index (χ1v) is 14.4. The van der Waals surface area contributed by atoms with Crippen LogP contribution in [0.3, 0.4) is 0 Å². The van der Waals surface area contributed by atoms with Crippen LogP contribution in [0, 0.1) is 12.7 Å². The zero-order valence-electron chi connectivity index (χ0n) is 25.0. The number of halogens is 1. The Morgan fingerprint density at radius 3 is 2.40 bits per heavy atom. The van der Waals surface area contributed by atoms with Crippen molar-refractivity contribution in [2.75, 3.05) is 20.7 Å². The standard InChI is InChI=1S/C34H38FNO7/c1-5-34(27-8-6-9-29(26(27)13-14-32(39)40)42-15-7-10-31(37)38)20-30(34)43-25-17-23(16-24(18-25)33(41)36(3)4)22-12-11-21(2)28(35)19-22/h6,8-9,11-12,16-19,30H,5,7,10,13-15,20H2,1-4H3,(H,37,38)(H,39,40). The highest BCUT2D eigenvalue weighted by atomic mass is 19.1. The Morgan fingerprint density at radius 1 is 1.00 bits per heavy atom. The molecular weight excluding hydrogens is 553 g/mol. The van der Waals surface area contributed by atoms with E-state index >= 15 is 0 Å². The van der Waals surface area contributed by atoms with Crippen LogP contribution in [0.15, 0.2) is 54.6 Å². The van der Waals surface area contributed by atoms with Gasteiger partial charge in [0.05, 0.1) is 6.61 Å². The van der Waals surface area contributed by atoms with Gasteiger partial charge in [-0.2, -0.15) is 0 Å². The van der Waals surface area contributed by atoms with Gasteiger partial charge in [-0.1, -0.05) is 31.2 Å². The quantitative estimate of drug-likeness (QED) is 0.213. The third kappa shape index (κ3) is 7.34. The summed E-state index contributed by atoms with van der Waals surface area (Å²) in [5.74, 6) is -1.35. The van der Waals surface area contributed by atoms with E-state index < -0.39 is 17.4 Å². The van der Waals surface area contributed by atoms with E-state index in [1.54, 1.807) is 45.3 Å². The highest BCUT2D eigenvalue weighted by Gasteiger charge is 2.57. The summed E-state index contributed by atoms with van der Waals surface area (Å²) in [7, 11) is 3.33. The highest BCUT2D eigenvalue weighted by Crippen LogP contribution is 2.55. The van der Waals surface area contributed by atoms with Crippen molar-refractivity contribution in [3.8, 4) is 22.6 Å². The molecule has 43 heavy (non-hydrogen) atoms. The summed E-state index contributed by atoms with van der Waals surface area (Å²) < 4.78 is 26.9. The molecule has 4 rings (SSSR count). The van der Waals surface area contributed by atoms with E-state index in [1.807, 2.05) is 24.3 Å². The number of carboxylic acid groups (broad SMARTS) is 2. The number of aliphatic carboxylic acids is 2. The van der Waals surface area contributed by atoms with Crippen molar-refractivity contribution in [1.29, 1.82) is 0 Å². The van der Waals surface area contributed by atoms with E-state index in [1.165, 1.54) is 11.0 Å². The first-order valence-electron chi connectivity index (χ1n) is 14.4. The molecule has 0 heterocycles. The van der Waals surface area contributed by atoms with Crippen molar-refractivity contribution in [2.24, 2.45) is 0 Å². The summed E-state index contributed by atoms with van der Waals surface area (Å²) in [6, 6.07) is 15.8. The van der Waals surface area contributed by atoms with Crippen LogP contribution in [0.25, 0.3) is 11.1 Å². The summed E-state index contributed by atoms with van der Waals surface area (Å²) in [5, 5.41) is 18.4. The molecular formula is C34H38FNO7. The molecule has 0 radical (unpaired) electrons. The molecule has 8 nitrogen and oxygen atoms in total. The molecule has 0 aromatic heterocycles. The summed E-state index contributed by atoms with van der Waals surface area (Å²) in [6.07, 6.45) is 1.61. The number of hydrogen-bond acceptors (Lipinski definition) is 5. The van der Waals surface area contributed by atoms with Crippen LogP contribution >= 0.6 is 0 Å². The molecule has 0 saturated heterocycles. The largest absolute Gasteiger partial charge is 0.493 e. The van der Waals surface area contributed by atoms with Crippen LogP contribution in [-0.4, -0.2) is 59.8 Å². The van der Waals surface area contributed by atoms with Gasteiger partial charge in [0.2, 0.25) is 0 Å². The Kier molecular flexibility index (Phi) is 9.73. The number of hydrogen-bond donors (Lipinski definition) is 2. The van der Waals surface area contributed by atoms with Gasteiger partial charge in [0.15, 0.2) is 0 Å². The fourth-order valence-electron chi connectivity index (χ4n) is 5.49. The molecule has 228 valence electrons. The van der Waals surface area contributed by atoms with Gasteiger partial charge in [0.25, 0.3) is 5.91 Å². The Labute approximate surface area is 251 Å². The number of benzene rings is 3. The molecule has 1 amide bonds. The highest BCUT2D eigenvalue weighted by molar-refractivity contribution is 5.95. The first-order chi connectivity index (χ1) is 20.4. The minimum Gasteiger partial charge on any atom is -0.493 e. The Morgan fingerprint density at radius 2 is 1.74 bits per heavy atom. The summed E-state index contributed by atoms with van der Waals surface area (Å²) in [5.41, 5.74) is 3.54. The predicted molar refractivity (Wildman–Crippen MR) is 160 cm³/mol. The second-order valence-electron chi connectivity index (χ2n) is 11.3. The second kappa shape index (κ2) is 13.3. The summed E-state index contributed by atoms with van der Waals surface area (Å²) >= 11 is 0. The minimum absolute atomic E-state index is 0.0223. The SMILES string of the molecule is CCC1(c2cccc(OCCCC(=O)O)c2CCC(=O)O)CC1Oc1cc(C(=O)N(C)C)cc(-c2ccc(C)c(F)c2)c1. The molecule has 2 atom stereocenters. The van der Waals surface area contributed by atoms with Crippen LogP contribution in [0.4, 0.5) is 4.39 Å². The molecule has 1 aliphatic rings. The maximum atomic E-state index is 14.4. The van der Waals surface area contributed by atoms with E-state index in [9.17, 15) is 23.9 Å². The van der Waals surface area contributed by atoms with E-state index in [2.05, 4.69) is 6.92 Å². The van der Waals surface area contributed by atoms with Crippen LogP contribution < -0.4 is 9.47 Å². The number of aryl methyl sites for hydroxylation is 1. The van der Waals surface area contributed by atoms with Crippen LogP contribution in [0.5, 0.6) is 11.5 Å². The molecule has 1 fully saturated rings. The molecule has 3 aromatic carbocycles. The van der Waals surface area contributed by atoms with Gasteiger partial charge in [-0.25, -0.2) is 4.39 Å². The molecule has 0 spiro atoms. The fourth-order valence-corrected chi connectivity index (χ4v) is 5.49. The third-order valence-corrected chi connectivity index (χ3v) is 8.03. The van der Waals surface area contributed by atoms with Gasteiger partial charge in [0, 0.05) is 37.9 Å². The van der Waals surface area contributed by atoms with Crippen molar-refractivity contribution >= 4 is 17.8 Å². The maximum Gasteiger partial charge on any atom is 0.303 e. The van der Waals surface area contributed by atoms with E-state index in [0.717, 1.165) is 11.1 Å². The van der Waals surface area contributed by atoms with Gasteiger partial charge in [-0.15, -0.1) is 0 Å². The monoisotopic (exact) mass is 591 g/mol. The van der Waals surface area contributed by atoms with Crippen molar-refractivity contribution in [3.05, 3.63) is 82.7 Å². The Balaban J connectivity index is 1.67. The molecule has 1 saturated carbocycles. The molecule has 3 aromatic rings. The molecule has 1 aliphatic carbocycles. The second-order valence-corrected chi connectivity index (χ2v) is 11.3. The van der Waals surface area contributed by atoms with Gasteiger partial charge in [-0.3, -0.25) is 14.4 Å². The van der Waals surface area contributed by atoms with Gasteiger partial charge in [0.1, 0.15) is 23.4 Å². The topological polar surface area (TPSA) is 113 Å². The third-order valence-electron chi connectivity index (χ3n) is 8.03. The van der Waals surface area contributed by atoms with Gasteiger partial charge < -0.3 is 24.6 Å². The molecule has 0 bridgehead atoms. The maximum absolute atomic E-state index is 14.4. The van der Waals surface area contributed by atoms with E-state index in [-0.39, 0.29) is 43.7 Å². The van der Waals surface area contributed by atoms with Crippen molar-refractivity contribution < 1.29 is 38.5 Å².